The fraction of sp³-hybridized carbons (Fsp3) is 0.294. The molecule has 5 heteroatoms. The second kappa shape index (κ2) is 7.22. The van der Waals surface area contributed by atoms with E-state index in [1.807, 2.05) is 44.2 Å². The van der Waals surface area contributed by atoms with Crippen molar-refractivity contribution in [2.24, 2.45) is 5.92 Å². The van der Waals surface area contributed by atoms with E-state index in [1.54, 1.807) is 12.1 Å². The molecule has 1 heterocycles. The lowest BCUT2D eigenvalue weighted by Gasteiger charge is -2.20. The number of benzene rings is 1. The number of thiophene rings is 1. The monoisotopic (exact) mass is 317 g/mol. The lowest BCUT2D eigenvalue weighted by Crippen LogP contribution is -2.31. The summed E-state index contributed by atoms with van der Waals surface area (Å²) in [5.41, 5.74) is 0.993. The second-order valence-electron chi connectivity index (χ2n) is 5.42. The fourth-order valence-corrected chi connectivity index (χ4v) is 3.16. The molecule has 0 fully saturated rings. The molecule has 1 unspecified atom stereocenters. The van der Waals surface area contributed by atoms with Gasteiger partial charge in [0.05, 0.1) is 12.5 Å². The maximum Gasteiger partial charge on any atom is 0.345 e. The van der Waals surface area contributed by atoms with E-state index in [0.717, 1.165) is 10.4 Å². The molecule has 22 heavy (non-hydrogen) atoms. The molecule has 4 nitrogen and oxygen atoms in total. The molecule has 1 aromatic heterocycles. The predicted octanol–water partition coefficient (Wildman–Crippen LogP) is 3.50. The first-order chi connectivity index (χ1) is 10.5. The summed E-state index contributed by atoms with van der Waals surface area (Å²) in [6, 6.07) is 13.0. The van der Waals surface area contributed by atoms with Crippen molar-refractivity contribution in [3.8, 4) is 0 Å². The van der Waals surface area contributed by atoms with Crippen LogP contribution in [0.25, 0.3) is 0 Å². The standard InChI is InChI=1S/C17H19NO3S/c1-11(2)15(12-6-4-3-5-7-12)16(19)18-10-13-8-9-14(22-13)17(20)21/h3-9,11,15H,10H2,1-2H3,(H,18,19)(H,20,21). The largest absolute Gasteiger partial charge is 0.477 e. The van der Waals surface area contributed by atoms with E-state index in [0.29, 0.717) is 6.54 Å². The van der Waals surface area contributed by atoms with Gasteiger partial charge in [-0.3, -0.25) is 4.79 Å². The average Bonchev–Trinajstić information content (AvgIpc) is 2.95. The Morgan fingerprint density at radius 3 is 2.36 bits per heavy atom. The van der Waals surface area contributed by atoms with Crippen molar-refractivity contribution in [2.75, 3.05) is 0 Å². The lowest BCUT2D eigenvalue weighted by atomic mass is 9.87. The highest BCUT2D eigenvalue weighted by atomic mass is 32.1. The van der Waals surface area contributed by atoms with Crippen molar-refractivity contribution in [1.29, 1.82) is 0 Å². The van der Waals surface area contributed by atoms with E-state index in [4.69, 9.17) is 5.11 Å². The van der Waals surface area contributed by atoms with Crippen LogP contribution < -0.4 is 5.32 Å². The van der Waals surface area contributed by atoms with Gasteiger partial charge in [0.25, 0.3) is 0 Å². The third-order valence-electron chi connectivity index (χ3n) is 3.42. The van der Waals surface area contributed by atoms with Crippen molar-refractivity contribution < 1.29 is 14.7 Å². The highest BCUT2D eigenvalue weighted by Gasteiger charge is 2.23. The van der Waals surface area contributed by atoms with Gasteiger partial charge >= 0.3 is 5.97 Å². The zero-order chi connectivity index (χ0) is 16.1. The van der Waals surface area contributed by atoms with Crippen LogP contribution in [0.4, 0.5) is 0 Å². The number of carboxylic acid groups (broad SMARTS) is 1. The molecule has 1 aromatic carbocycles. The van der Waals surface area contributed by atoms with Gasteiger partial charge in [-0.25, -0.2) is 4.79 Å². The highest BCUT2D eigenvalue weighted by Crippen LogP contribution is 2.25. The van der Waals surface area contributed by atoms with Crippen LogP contribution in [0.15, 0.2) is 42.5 Å². The molecule has 0 aliphatic heterocycles. The first-order valence-electron chi connectivity index (χ1n) is 7.13. The molecule has 2 N–H and O–H groups in total. The third-order valence-corrected chi connectivity index (χ3v) is 4.49. The zero-order valence-electron chi connectivity index (χ0n) is 12.6. The Kier molecular flexibility index (Phi) is 5.33. The van der Waals surface area contributed by atoms with Crippen molar-refractivity contribution >= 4 is 23.2 Å². The maximum absolute atomic E-state index is 12.5. The van der Waals surface area contributed by atoms with Gasteiger partial charge in [0.2, 0.25) is 5.91 Å². The maximum atomic E-state index is 12.5. The minimum atomic E-state index is -0.938. The van der Waals surface area contributed by atoms with Crippen LogP contribution in [0.3, 0.4) is 0 Å². The predicted molar refractivity (Wildman–Crippen MR) is 87.1 cm³/mol. The van der Waals surface area contributed by atoms with Crippen LogP contribution in [-0.2, 0) is 11.3 Å². The fourth-order valence-electron chi connectivity index (χ4n) is 2.37. The SMILES string of the molecule is CC(C)C(C(=O)NCc1ccc(C(=O)O)s1)c1ccccc1. The van der Waals surface area contributed by atoms with Crippen LogP contribution in [0, 0.1) is 5.92 Å². The summed E-state index contributed by atoms with van der Waals surface area (Å²) < 4.78 is 0. The van der Waals surface area contributed by atoms with Gasteiger partial charge in [-0.05, 0) is 23.6 Å². The van der Waals surface area contributed by atoms with Crippen molar-refractivity contribution in [3.05, 3.63) is 57.8 Å². The van der Waals surface area contributed by atoms with E-state index in [-0.39, 0.29) is 22.6 Å². The Bertz CT molecular complexity index is 649. The number of amides is 1. The van der Waals surface area contributed by atoms with Crippen molar-refractivity contribution in [1.82, 2.24) is 5.32 Å². The molecule has 0 saturated carbocycles. The first kappa shape index (κ1) is 16.2. The Hall–Kier alpha value is -2.14. The van der Waals surface area contributed by atoms with Crippen LogP contribution in [-0.4, -0.2) is 17.0 Å². The van der Waals surface area contributed by atoms with Crippen LogP contribution in [0.5, 0.6) is 0 Å². The van der Waals surface area contributed by atoms with E-state index in [1.165, 1.54) is 11.3 Å². The summed E-state index contributed by atoms with van der Waals surface area (Å²) in [5.74, 6) is -1.00. The normalized spacial score (nSPS) is 12.1. The van der Waals surface area contributed by atoms with Crippen molar-refractivity contribution in [3.63, 3.8) is 0 Å². The average molecular weight is 317 g/mol. The smallest absolute Gasteiger partial charge is 0.345 e. The van der Waals surface area contributed by atoms with Gasteiger partial charge in [0, 0.05) is 4.88 Å². The summed E-state index contributed by atoms with van der Waals surface area (Å²) in [6.07, 6.45) is 0. The number of rotatable bonds is 6. The van der Waals surface area contributed by atoms with Crippen LogP contribution in [0.1, 0.15) is 39.9 Å². The number of carboxylic acids is 1. The molecule has 116 valence electrons. The van der Waals surface area contributed by atoms with Gasteiger partial charge in [-0.15, -0.1) is 11.3 Å². The topological polar surface area (TPSA) is 66.4 Å². The van der Waals surface area contributed by atoms with E-state index >= 15 is 0 Å². The van der Waals surface area contributed by atoms with Gasteiger partial charge in [0.1, 0.15) is 4.88 Å². The molecule has 1 atom stereocenters. The van der Waals surface area contributed by atoms with Gasteiger partial charge in [0.15, 0.2) is 0 Å². The number of hydrogen-bond acceptors (Lipinski definition) is 3. The van der Waals surface area contributed by atoms with E-state index in [2.05, 4.69) is 5.32 Å². The Balaban J connectivity index is 2.04. The molecule has 0 saturated heterocycles. The van der Waals surface area contributed by atoms with Crippen LogP contribution in [0.2, 0.25) is 0 Å². The minimum Gasteiger partial charge on any atom is -0.477 e. The number of carbonyl (C=O) groups is 2. The van der Waals surface area contributed by atoms with Gasteiger partial charge in [-0.2, -0.15) is 0 Å². The Morgan fingerprint density at radius 1 is 1.14 bits per heavy atom. The van der Waals surface area contributed by atoms with E-state index in [9.17, 15) is 9.59 Å². The molecule has 0 bridgehead atoms. The summed E-state index contributed by atoms with van der Waals surface area (Å²) in [5, 5.41) is 11.8. The molecule has 0 aliphatic carbocycles. The van der Waals surface area contributed by atoms with Crippen molar-refractivity contribution in [2.45, 2.75) is 26.3 Å². The van der Waals surface area contributed by atoms with Gasteiger partial charge in [-0.1, -0.05) is 44.2 Å². The number of carbonyl (C=O) groups excluding carboxylic acids is 1. The summed E-state index contributed by atoms with van der Waals surface area (Å²) in [7, 11) is 0. The summed E-state index contributed by atoms with van der Waals surface area (Å²) >= 11 is 1.18. The zero-order valence-corrected chi connectivity index (χ0v) is 13.4. The number of hydrogen-bond donors (Lipinski definition) is 2. The van der Waals surface area contributed by atoms with E-state index < -0.39 is 5.97 Å². The molecule has 2 aromatic rings. The lowest BCUT2D eigenvalue weighted by molar-refractivity contribution is -0.123. The second-order valence-corrected chi connectivity index (χ2v) is 6.59. The highest BCUT2D eigenvalue weighted by molar-refractivity contribution is 7.13. The number of aromatic carboxylic acids is 1. The third kappa shape index (κ3) is 3.95. The molecular formula is C17H19NO3S. The quantitative estimate of drug-likeness (QED) is 0.857. The molecule has 0 radical (unpaired) electrons. The first-order valence-corrected chi connectivity index (χ1v) is 7.95. The Morgan fingerprint density at radius 2 is 1.82 bits per heavy atom. The summed E-state index contributed by atoms with van der Waals surface area (Å²) in [6.45, 7) is 4.39. The van der Waals surface area contributed by atoms with Crippen LogP contribution >= 0.6 is 11.3 Å². The summed E-state index contributed by atoms with van der Waals surface area (Å²) in [4.78, 5) is 24.5. The van der Waals surface area contributed by atoms with Gasteiger partial charge < -0.3 is 10.4 Å². The molecule has 2 rings (SSSR count). The minimum absolute atomic E-state index is 0.0357. The molecule has 0 aliphatic rings. The molecule has 0 spiro atoms. The molecule has 1 amide bonds. The Labute approximate surface area is 133 Å². The molecular weight excluding hydrogens is 298 g/mol. The number of nitrogens with one attached hydrogen (secondary N) is 1.